The molecule has 0 unspecified atom stereocenters. The molecular weight excluding hydrogens is 540 g/mol. The molecule has 2 aliphatic heterocycles. The zero-order valence-corrected chi connectivity index (χ0v) is 23.8. The quantitative estimate of drug-likeness (QED) is 0.449. The van der Waals surface area contributed by atoms with Gasteiger partial charge in [-0.25, -0.2) is 8.42 Å². The van der Waals surface area contributed by atoms with E-state index in [4.69, 9.17) is 9.47 Å². The fourth-order valence-corrected chi connectivity index (χ4v) is 9.69. The van der Waals surface area contributed by atoms with Crippen molar-refractivity contribution in [2.75, 3.05) is 13.7 Å². The summed E-state index contributed by atoms with van der Waals surface area (Å²) in [5, 5.41) is 16.0. The topological polar surface area (TPSA) is 105 Å². The van der Waals surface area contributed by atoms with E-state index in [0.29, 0.717) is 50.0 Å². The Labute approximate surface area is 240 Å². The molecule has 3 aromatic rings. The van der Waals surface area contributed by atoms with Crippen LogP contribution in [0.25, 0.3) is 0 Å². The largest absolute Gasteiger partial charge is 0.493 e. The van der Waals surface area contributed by atoms with Crippen LogP contribution in [0, 0.1) is 0 Å². The number of aryl methyl sites for hydroxylation is 1. The second-order valence-electron chi connectivity index (χ2n) is 11.7. The lowest BCUT2D eigenvalue weighted by atomic mass is 9.48. The Kier molecular flexibility index (Phi) is 6.19. The van der Waals surface area contributed by atoms with E-state index in [0.717, 1.165) is 16.7 Å². The van der Waals surface area contributed by atoms with Crippen LogP contribution in [0.4, 0.5) is 0 Å². The number of piperidine rings is 1. The van der Waals surface area contributed by atoms with E-state index >= 15 is 0 Å². The third-order valence-electron chi connectivity index (χ3n) is 9.80. The van der Waals surface area contributed by atoms with Crippen LogP contribution in [0.5, 0.6) is 11.5 Å². The van der Waals surface area contributed by atoms with E-state index in [1.807, 2.05) is 42.5 Å². The molecule has 7 rings (SSSR count). The average molecular weight is 575 g/mol. The van der Waals surface area contributed by atoms with E-state index in [1.165, 1.54) is 4.31 Å². The van der Waals surface area contributed by atoms with Crippen LogP contribution < -0.4 is 14.8 Å². The van der Waals surface area contributed by atoms with Crippen molar-refractivity contribution < 1.29 is 27.8 Å². The van der Waals surface area contributed by atoms with Gasteiger partial charge in [0.05, 0.1) is 35.1 Å². The lowest BCUT2D eigenvalue weighted by Crippen LogP contribution is -2.78. The number of ether oxygens (including phenoxy) is 2. The molecular formula is C32H34N2O6S. The monoisotopic (exact) mass is 574 g/mol. The number of hydrogen-bond donors (Lipinski definition) is 2. The first kappa shape index (κ1) is 26.5. The second-order valence-corrected chi connectivity index (χ2v) is 13.6. The Balaban J connectivity index is 1.26. The maximum absolute atomic E-state index is 13.9. The summed E-state index contributed by atoms with van der Waals surface area (Å²) in [6.07, 6.45) is 2.00. The molecule has 9 heteroatoms. The minimum absolute atomic E-state index is 0.0658. The summed E-state index contributed by atoms with van der Waals surface area (Å²) in [6.45, 7) is 0.245. The molecule has 3 aromatic carbocycles. The SMILES string of the molecule is COc1ccc2c3c1O[C@H]1[C@H](NC(=O)CCc4ccccc4)CC[C@@]4(O)[C@@H](C2)N(S(=O)(=O)c2ccccc2)CC[C@]314. The molecule has 4 aliphatic rings. The van der Waals surface area contributed by atoms with Gasteiger partial charge in [-0.3, -0.25) is 4.79 Å². The Morgan fingerprint density at radius 2 is 1.80 bits per heavy atom. The number of nitrogens with zero attached hydrogens (tertiary/aromatic N) is 1. The molecule has 2 bridgehead atoms. The smallest absolute Gasteiger partial charge is 0.243 e. The molecule has 41 heavy (non-hydrogen) atoms. The van der Waals surface area contributed by atoms with Gasteiger partial charge in [0.2, 0.25) is 15.9 Å². The number of sulfonamides is 1. The number of aliphatic hydroxyl groups is 1. The maximum atomic E-state index is 13.9. The van der Waals surface area contributed by atoms with Gasteiger partial charge >= 0.3 is 0 Å². The van der Waals surface area contributed by atoms with Crippen LogP contribution in [0.2, 0.25) is 0 Å². The van der Waals surface area contributed by atoms with Crippen LogP contribution in [0.15, 0.2) is 77.7 Å². The molecule has 214 valence electrons. The van der Waals surface area contributed by atoms with Crippen LogP contribution >= 0.6 is 0 Å². The highest BCUT2D eigenvalue weighted by Crippen LogP contribution is 2.65. The molecule has 1 saturated heterocycles. The first-order valence-electron chi connectivity index (χ1n) is 14.3. The zero-order valence-electron chi connectivity index (χ0n) is 23.0. The van der Waals surface area contributed by atoms with E-state index < -0.39 is 33.2 Å². The average Bonchev–Trinajstić information content (AvgIpc) is 3.34. The summed E-state index contributed by atoms with van der Waals surface area (Å²) < 4.78 is 41.7. The Hall–Kier alpha value is -3.40. The number of carbonyl (C=O) groups excluding carboxylic acids is 1. The van der Waals surface area contributed by atoms with Gasteiger partial charge in [0.25, 0.3) is 0 Å². The van der Waals surface area contributed by atoms with Crippen LogP contribution in [-0.2, 0) is 33.1 Å². The number of methoxy groups -OCH3 is 1. The van der Waals surface area contributed by atoms with Crippen molar-refractivity contribution in [2.45, 2.75) is 72.6 Å². The summed E-state index contributed by atoms with van der Waals surface area (Å²) in [7, 11) is -2.25. The van der Waals surface area contributed by atoms with E-state index in [2.05, 4.69) is 5.32 Å². The van der Waals surface area contributed by atoms with Crippen molar-refractivity contribution in [3.8, 4) is 11.5 Å². The van der Waals surface area contributed by atoms with E-state index in [1.54, 1.807) is 37.4 Å². The minimum atomic E-state index is -3.85. The first-order valence-corrected chi connectivity index (χ1v) is 15.7. The molecule has 0 radical (unpaired) electrons. The molecule has 0 aromatic heterocycles. The predicted molar refractivity (Wildman–Crippen MR) is 152 cm³/mol. The number of carbonyl (C=O) groups is 1. The number of hydrogen-bond acceptors (Lipinski definition) is 6. The maximum Gasteiger partial charge on any atom is 0.243 e. The third kappa shape index (κ3) is 3.78. The summed E-state index contributed by atoms with van der Waals surface area (Å²) in [6, 6.07) is 21.2. The summed E-state index contributed by atoms with van der Waals surface area (Å²) in [5.41, 5.74) is 0.740. The number of rotatable bonds is 7. The Morgan fingerprint density at radius 1 is 1.07 bits per heavy atom. The van der Waals surface area contributed by atoms with E-state index in [9.17, 15) is 18.3 Å². The standard InChI is InChI=1S/C32H34N2O6S/c1-39-25-14-13-22-20-26-32(36)17-16-24(33-27(35)15-12-21-8-4-2-5-9-21)30-31(32,28(22)29(25)40-30)18-19-34(26)41(37,38)23-10-6-3-7-11-23/h2-11,13-14,24,26,30,36H,12,15-20H2,1H3,(H,33,35)/t24-,26-,30+,31+,32-/m1/s1. The van der Waals surface area contributed by atoms with E-state index in [-0.39, 0.29) is 23.4 Å². The lowest BCUT2D eigenvalue weighted by molar-refractivity contribution is -0.177. The molecule has 1 saturated carbocycles. The molecule has 2 aliphatic carbocycles. The zero-order chi connectivity index (χ0) is 28.4. The van der Waals surface area contributed by atoms with Crippen molar-refractivity contribution in [3.05, 3.63) is 89.5 Å². The minimum Gasteiger partial charge on any atom is -0.493 e. The van der Waals surface area contributed by atoms with Crippen molar-refractivity contribution in [1.29, 1.82) is 0 Å². The molecule has 1 amide bonds. The van der Waals surface area contributed by atoms with Gasteiger partial charge in [0, 0.05) is 18.5 Å². The number of benzene rings is 3. The van der Waals surface area contributed by atoms with Crippen molar-refractivity contribution >= 4 is 15.9 Å². The normalized spacial score (nSPS) is 29.8. The fraction of sp³-hybridized carbons (Fsp3) is 0.406. The van der Waals surface area contributed by atoms with Gasteiger partial charge in [-0.1, -0.05) is 54.6 Å². The Bertz CT molecular complexity index is 1600. The molecule has 2 fully saturated rings. The first-order chi connectivity index (χ1) is 19.8. The molecule has 5 atom stereocenters. The van der Waals surface area contributed by atoms with Gasteiger partial charge in [-0.15, -0.1) is 0 Å². The summed E-state index contributed by atoms with van der Waals surface area (Å²) in [5.74, 6) is 1.13. The molecule has 2 heterocycles. The summed E-state index contributed by atoms with van der Waals surface area (Å²) in [4.78, 5) is 13.4. The molecule has 2 N–H and O–H groups in total. The Morgan fingerprint density at radius 3 is 2.54 bits per heavy atom. The lowest BCUT2D eigenvalue weighted by Gasteiger charge is -2.63. The second kappa shape index (κ2) is 9.58. The fourth-order valence-electron chi connectivity index (χ4n) is 8.00. The molecule has 1 spiro atoms. The van der Waals surface area contributed by atoms with Crippen LogP contribution in [0.3, 0.4) is 0 Å². The van der Waals surface area contributed by atoms with Crippen LogP contribution in [0.1, 0.15) is 42.4 Å². The third-order valence-corrected chi connectivity index (χ3v) is 11.7. The number of nitrogens with one attached hydrogen (secondary N) is 1. The van der Waals surface area contributed by atoms with Gasteiger partial charge in [0.1, 0.15) is 6.10 Å². The molecule has 8 nitrogen and oxygen atoms in total. The highest BCUT2D eigenvalue weighted by atomic mass is 32.2. The van der Waals surface area contributed by atoms with Crippen molar-refractivity contribution in [2.24, 2.45) is 0 Å². The highest BCUT2D eigenvalue weighted by molar-refractivity contribution is 7.89. The number of amides is 1. The van der Waals surface area contributed by atoms with Gasteiger partial charge in [-0.2, -0.15) is 4.31 Å². The van der Waals surface area contributed by atoms with Gasteiger partial charge in [-0.05, 0) is 61.4 Å². The van der Waals surface area contributed by atoms with Crippen molar-refractivity contribution in [3.63, 3.8) is 0 Å². The van der Waals surface area contributed by atoms with Crippen LogP contribution in [-0.4, -0.2) is 61.2 Å². The van der Waals surface area contributed by atoms with Gasteiger partial charge in [0.15, 0.2) is 11.5 Å². The highest BCUT2D eigenvalue weighted by Gasteiger charge is 2.74. The van der Waals surface area contributed by atoms with Crippen molar-refractivity contribution in [1.82, 2.24) is 9.62 Å². The van der Waals surface area contributed by atoms with Gasteiger partial charge < -0.3 is 19.9 Å². The predicted octanol–water partition coefficient (Wildman–Crippen LogP) is 3.36. The summed E-state index contributed by atoms with van der Waals surface area (Å²) >= 11 is 0.